The average molecular weight is 215 g/mol. The van der Waals surface area contributed by atoms with Crippen LogP contribution in [0.25, 0.3) is 0 Å². The Balaban J connectivity index is 2.44. The van der Waals surface area contributed by atoms with Gasteiger partial charge >= 0.3 is 17.5 Å². The van der Waals surface area contributed by atoms with E-state index in [9.17, 15) is 19.7 Å². The van der Waals surface area contributed by atoms with Gasteiger partial charge in [0.1, 0.15) is 5.92 Å². The zero-order valence-electron chi connectivity index (χ0n) is 7.62. The van der Waals surface area contributed by atoms with Gasteiger partial charge in [0.05, 0.1) is 0 Å². The number of rotatable bonds is 3. The molecule has 2 aliphatic rings. The molecule has 0 heterocycles. The van der Waals surface area contributed by atoms with Crippen LogP contribution in [0.1, 0.15) is 12.8 Å². The highest BCUT2D eigenvalue weighted by Crippen LogP contribution is 2.60. The summed E-state index contributed by atoms with van der Waals surface area (Å²) in [5, 5.41) is 28.6. The van der Waals surface area contributed by atoms with Gasteiger partial charge < -0.3 is 10.2 Å². The Morgan fingerprint density at radius 2 is 2.00 bits per heavy atom. The molecule has 0 amide bonds. The van der Waals surface area contributed by atoms with Crippen LogP contribution < -0.4 is 0 Å². The first-order valence-corrected chi connectivity index (χ1v) is 4.52. The summed E-state index contributed by atoms with van der Waals surface area (Å²) in [5.41, 5.74) is -2.31. The minimum absolute atomic E-state index is 0.104. The molecule has 2 rings (SSSR count). The van der Waals surface area contributed by atoms with E-state index in [1.165, 1.54) is 0 Å². The minimum atomic E-state index is -2.31. The zero-order valence-corrected chi connectivity index (χ0v) is 7.62. The Labute approximate surface area is 83.8 Å². The van der Waals surface area contributed by atoms with Crippen molar-refractivity contribution in [3.05, 3.63) is 10.1 Å². The molecular formula is C8H9NO6. The maximum absolute atomic E-state index is 10.9. The molecule has 0 spiro atoms. The Hall–Kier alpha value is -1.66. The highest BCUT2D eigenvalue weighted by Gasteiger charge is 2.75. The topological polar surface area (TPSA) is 118 Å². The van der Waals surface area contributed by atoms with Crippen molar-refractivity contribution < 1.29 is 24.7 Å². The van der Waals surface area contributed by atoms with Crippen LogP contribution in [0, 0.1) is 27.9 Å². The van der Waals surface area contributed by atoms with Crippen molar-refractivity contribution in [2.45, 2.75) is 18.4 Å². The molecule has 2 fully saturated rings. The van der Waals surface area contributed by atoms with Crippen LogP contribution in [-0.2, 0) is 9.59 Å². The molecule has 0 bridgehead atoms. The van der Waals surface area contributed by atoms with E-state index in [-0.39, 0.29) is 18.3 Å². The second-order valence-corrected chi connectivity index (χ2v) is 4.17. The van der Waals surface area contributed by atoms with E-state index < -0.39 is 28.3 Å². The highest BCUT2D eigenvalue weighted by atomic mass is 16.6. The standard InChI is InChI=1S/C8H9NO6/c10-6(11)5-4-1-3(4)2-8(5,7(12)13)9(14)15/h3-5H,1-2H2,(H,10,11)(H,12,13). The number of nitrogens with zero attached hydrogens (tertiary/aromatic N) is 1. The third-order valence-electron chi connectivity index (χ3n) is 3.46. The van der Waals surface area contributed by atoms with Crippen molar-refractivity contribution in [1.82, 2.24) is 0 Å². The number of nitro groups is 1. The van der Waals surface area contributed by atoms with Crippen LogP contribution in [0.5, 0.6) is 0 Å². The first kappa shape index (κ1) is 9.88. The summed E-state index contributed by atoms with van der Waals surface area (Å²) < 4.78 is 0. The molecule has 0 aromatic carbocycles. The van der Waals surface area contributed by atoms with Crippen molar-refractivity contribution in [2.75, 3.05) is 0 Å². The highest BCUT2D eigenvalue weighted by molar-refractivity contribution is 5.87. The van der Waals surface area contributed by atoms with Gasteiger partial charge in [-0.1, -0.05) is 0 Å². The monoisotopic (exact) mass is 215 g/mol. The van der Waals surface area contributed by atoms with Crippen molar-refractivity contribution in [2.24, 2.45) is 17.8 Å². The first-order chi connectivity index (χ1) is 6.91. The number of carboxylic acid groups (broad SMARTS) is 2. The van der Waals surface area contributed by atoms with Crippen LogP contribution in [0.4, 0.5) is 0 Å². The molecule has 2 aliphatic carbocycles. The predicted molar refractivity (Wildman–Crippen MR) is 44.7 cm³/mol. The van der Waals surface area contributed by atoms with Crippen molar-refractivity contribution in [3.8, 4) is 0 Å². The number of carbonyl (C=O) groups is 2. The minimum Gasteiger partial charge on any atom is -0.481 e. The fourth-order valence-electron chi connectivity index (χ4n) is 2.67. The van der Waals surface area contributed by atoms with Gasteiger partial charge in [-0.05, 0) is 18.3 Å². The fourth-order valence-corrected chi connectivity index (χ4v) is 2.67. The summed E-state index contributed by atoms with van der Waals surface area (Å²) in [6.45, 7) is 0. The maximum atomic E-state index is 10.9. The van der Waals surface area contributed by atoms with E-state index in [4.69, 9.17) is 10.2 Å². The molecule has 7 heteroatoms. The molecule has 15 heavy (non-hydrogen) atoms. The lowest BCUT2D eigenvalue weighted by atomic mass is 9.83. The van der Waals surface area contributed by atoms with E-state index in [1.54, 1.807) is 0 Å². The largest absolute Gasteiger partial charge is 0.481 e. The van der Waals surface area contributed by atoms with Crippen molar-refractivity contribution in [1.29, 1.82) is 0 Å². The van der Waals surface area contributed by atoms with Gasteiger partial charge in [0.25, 0.3) is 0 Å². The molecule has 4 atom stereocenters. The molecule has 82 valence electrons. The van der Waals surface area contributed by atoms with Gasteiger partial charge in [0, 0.05) is 11.3 Å². The van der Waals surface area contributed by atoms with E-state index >= 15 is 0 Å². The molecular weight excluding hydrogens is 206 g/mol. The lowest BCUT2D eigenvalue weighted by Gasteiger charge is -2.22. The molecule has 0 radical (unpaired) electrons. The van der Waals surface area contributed by atoms with Gasteiger partial charge in [0.15, 0.2) is 0 Å². The van der Waals surface area contributed by atoms with Gasteiger partial charge in [-0.3, -0.25) is 14.9 Å². The molecule has 7 nitrogen and oxygen atoms in total. The predicted octanol–water partition coefficient (Wildman–Crippen LogP) is -0.173. The van der Waals surface area contributed by atoms with E-state index in [0.717, 1.165) is 0 Å². The third kappa shape index (κ3) is 1.06. The van der Waals surface area contributed by atoms with Crippen molar-refractivity contribution in [3.63, 3.8) is 0 Å². The zero-order chi connectivity index (χ0) is 11.4. The Morgan fingerprint density at radius 3 is 2.33 bits per heavy atom. The number of aliphatic carboxylic acids is 2. The van der Waals surface area contributed by atoms with Crippen LogP contribution in [-0.4, -0.2) is 32.6 Å². The van der Waals surface area contributed by atoms with Gasteiger partial charge in [-0.25, -0.2) is 4.79 Å². The number of carboxylic acids is 2. The number of fused-ring (bicyclic) bond motifs is 1. The van der Waals surface area contributed by atoms with Crippen LogP contribution in [0.2, 0.25) is 0 Å². The summed E-state index contributed by atoms with van der Waals surface area (Å²) >= 11 is 0. The summed E-state index contributed by atoms with van der Waals surface area (Å²) in [7, 11) is 0. The average Bonchev–Trinajstić information content (AvgIpc) is 2.75. The second-order valence-electron chi connectivity index (χ2n) is 4.17. The van der Waals surface area contributed by atoms with E-state index in [1.807, 2.05) is 0 Å². The third-order valence-corrected chi connectivity index (χ3v) is 3.46. The second kappa shape index (κ2) is 2.68. The quantitative estimate of drug-likeness (QED) is 0.498. The first-order valence-electron chi connectivity index (χ1n) is 4.52. The molecule has 0 aliphatic heterocycles. The smallest absolute Gasteiger partial charge is 0.383 e. The summed E-state index contributed by atoms with van der Waals surface area (Å²) in [6.07, 6.45) is 0.441. The van der Waals surface area contributed by atoms with Crippen molar-refractivity contribution >= 4 is 11.9 Å². The number of hydrogen-bond donors (Lipinski definition) is 2. The normalized spacial score (nSPS) is 42.0. The number of hydrogen-bond acceptors (Lipinski definition) is 4. The lowest BCUT2D eigenvalue weighted by molar-refractivity contribution is -0.561. The van der Waals surface area contributed by atoms with E-state index in [2.05, 4.69) is 0 Å². The van der Waals surface area contributed by atoms with Gasteiger partial charge in [-0.2, -0.15) is 0 Å². The molecule has 0 aromatic heterocycles. The molecule has 0 aromatic rings. The summed E-state index contributed by atoms with van der Waals surface area (Å²) in [6, 6.07) is 0. The fraction of sp³-hybridized carbons (Fsp3) is 0.750. The van der Waals surface area contributed by atoms with Gasteiger partial charge in [0.2, 0.25) is 0 Å². The van der Waals surface area contributed by atoms with Gasteiger partial charge in [-0.15, -0.1) is 0 Å². The maximum Gasteiger partial charge on any atom is 0.383 e. The lowest BCUT2D eigenvalue weighted by Crippen LogP contribution is -2.53. The van der Waals surface area contributed by atoms with Crippen LogP contribution in [0.3, 0.4) is 0 Å². The molecule has 4 unspecified atom stereocenters. The Morgan fingerprint density at radius 1 is 1.40 bits per heavy atom. The molecule has 2 N–H and O–H groups in total. The Kier molecular flexibility index (Phi) is 1.76. The summed E-state index contributed by atoms with van der Waals surface area (Å²) in [4.78, 5) is 31.7. The van der Waals surface area contributed by atoms with Crippen LogP contribution >= 0.6 is 0 Å². The Bertz CT molecular complexity index is 350. The summed E-state index contributed by atoms with van der Waals surface area (Å²) in [5.74, 6) is -4.82. The van der Waals surface area contributed by atoms with E-state index in [0.29, 0.717) is 6.42 Å². The SMILES string of the molecule is O=C(O)C1C2CC2CC1(C(=O)O)[N+](=O)[O-]. The molecule has 2 saturated carbocycles. The molecule has 0 saturated heterocycles. The van der Waals surface area contributed by atoms with Crippen LogP contribution in [0.15, 0.2) is 0 Å².